The molecule has 2 aliphatic rings. The quantitative estimate of drug-likeness (QED) is 0.684. The maximum atomic E-state index is 11.5. The summed E-state index contributed by atoms with van der Waals surface area (Å²) in [5.41, 5.74) is 3.37. The predicted molar refractivity (Wildman–Crippen MR) is 92.6 cm³/mol. The first kappa shape index (κ1) is 17.6. The molecular weight excluding hydrogens is 304 g/mol. The summed E-state index contributed by atoms with van der Waals surface area (Å²) >= 11 is 0. The fourth-order valence-electron chi connectivity index (χ4n) is 4.39. The molecule has 1 aliphatic heterocycles. The first-order valence-corrected chi connectivity index (χ1v) is 9.43. The van der Waals surface area contributed by atoms with E-state index in [0.717, 1.165) is 77.8 Å². The lowest BCUT2D eigenvalue weighted by molar-refractivity contribution is -0.0395. The van der Waals surface area contributed by atoms with E-state index in [2.05, 4.69) is 9.78 Å². The largest absolute Gasteiger partial charge is 0.381 e. The molecule has 0 unspecified atom stereocenters. The Balaban J connectivity index is 1.73. The molecule has 2 heterocycles. The second-order valence-electron chi connectivity index (χ2n) is 7.24. The Bertz CT molecular complexity index is 549. The summed E-state index contributed by atoms with van der Waals surface area (Å²) in [6.07, 6.45) is 7.55. The van der Waals surface area contributed by atoms with Crippen molar-refractivity contribution in [2.75, 3.05) is 26.4 Å². The molecule has 1 aromatic heterocycles. The molecule has 5 nitrogen and oxygen atoms in total. The van der Waals surface area contributed by atoms with Crippen molar-refractivity contribution in [3.05, 3.63) is 17.0 Å². The van der Waals surface area contributed by atoms with Crippen LogP contribution in [-0.2, 0) is 22.4 Å². The lowest BCUT2D eigenvalue weighted by Gasteiger charge is -2.40. The maximum Gasteiger partial charge on any atom is 0.170 e. The van der Waals surface area contributed by atoms with Gasteiger partial charge in [0.25, 0.3) is 0 Å². The lowest BCUT2D eigenvalue weighted by Crippen LogP contribution is -2.36. The van der Waals surface area contributed by atoms with Gasteiger partial charge in [0, 0.05) is 36.4 Å². The van der Waals surface area contributed by atoms with Crippen LogP contribution in [0.3, 0.4) is 0 Å². The Morgan fingerprint density at radius 3 is 2.46 bits per heavy atom. The van der Waals surface area contributed by atoms with E-state index >= 15 is 0 Å². The number of hydrogen-bond acceptors (Lipinski definition) is 4. The molecule has 1 saturated carbocycles. The molecule has 0 spiro atoms. The molecule has 5 heteroatoms. The fourth-order valence-corrected chi connectivity index (χ4v) is 4.39. The van der Waals surface area contributed by atoms with Crippen LogP contribution in [0, 0.1) is 5.41 Å². The Kier molecular flexibility index (Phi) is 5.72. The zero-order chi connectivity index (χ0) is 17.0. The van der Waals surface area contributed by atoms with Gasteiger partial charge in [0.1, 0.15) is 5.69 Å². The first-order chi connectivity index (χ1) is 11.7. The summed E-state index contributed by atoms with van der Waals surface area (Å²) in [4.78, 5) is 11.5. The van der Waals surface area contributed by atoms with E-state index in [1.54, 1.807) is 0 Å². The molecule has 1 fully saturated rings. The third-order valence-corrected chi connectivity index (χ3v) is 5.70. The van der Waals surface area contributed by atoms with Crippen LogP contribution in [0.15, 0.2) is 0 Å². The monoisotopic (exact) mass is 334 g/mol. The van der Waals surface area contributed by atoms with E-state index in [4.69, 9.17) is 9.47 Å². The van der Waals surface area contributed by atoms with Gasteiger partial charge in [-0.1, -0.05) is 0 Å². The van der Waals surface area contributed by atoms with Crippen molar-refractivity contribution in [2.24, 2.45) is 5.41 Å². The minimum absolute atomic E-state index is 0.139. The van der Waals surface area contributed by atoms with E-state index in [-0.39, 0.29) is 5.41 Å². The minimum atomic E-state index is 0.139. The second kappa shape index (κ2) is 7.79. The van der Waals surface area contributed by atoms with E-state index in [0.29, 0.717) is 11.6 Å². The average molecular weight is 334 g/mol. The summed E-state index contributed by atoms with van der Waals surface area (Å²) in [6, 6.07) is 0. The standard InChI is InChI=1S/C19H30N2O3/c1-3-23-13-19(14-24-4-2)9-7-15(8-10-19)18-16(12-22)20-21-11-5-6-17(18)21/h12,15H,3-11,13-14H2,1-2H3. The predicted octanol–water partition coefficient (Wildman–Crippen LogP) is 3.36. The van der Waals surface area contributed by atoms with Gasteiger partial charge in [0.15, 0.2) is 6.29 Å². The van der Waals surface area contributed by atoms with E-state index in [1.807, 2.05) is 13.8 Å². The third kappa shape index (κ3) is 3.42. The molecule has 0 aromatic carbocycles. The molecule has 1 aromatic rings. The van der Waals surface area contributed by atoms with Crippen LogP contribution in [0.4, 0.5) is 0 Å². The van der Waals surface area contributed by atoms with Crippen molar-refractivity contribution in [1.82, 2.24) is 9.78 Å². The Hall–Kier alpha value is -1.20. The molecule has 24 heavy (non-hydrogen) atoms. The van der Waals surface area contributed by atoms with Gasteiger partial charge >= 0.3 is 0 Å². The maximum absolute atomic E-state index is 11.5. The van der Waals surface area contributed by atoms with Crippen molar-refractivity contribution in [1.29, 1.82) is 0 Å². The van der Waals surface area contributed by atoms with Crippen LogP contribution >= 0.6 is 0 Å². The molecule has 3 rings (SSSR count). The molecule has 0 bridgehead atoms. The van der Waals surface area contributed by atoms with Crippen LogP contribution in [0.2, 0.25) is 0 Å². The average Bonchev–Trinajstić information content (AvgIpc) is 3.19. The number of carbonyl (C=O) groups excluding carboxylic acids is 1. The number of ether oxygens (including phenoxy) is 2. The summed E-state index contributed by atoms with van der Waals surface area (Å²) in [7, 11) is 0. The van der Waals surface area contributed by atoms with Crippen LogP contribution in [0.25, 0.3) is 0 Å². The molecule has 0 amide bonds. The van der Waals surface area contributed by atoms with E-state index in [9.17, 15) is 4.79 Å². The van der Waals surface area contributed by atoms with Crippen molar-refractivity contribution >= 4 is 6.29 Å². The highest BCUT2D eigenvalue weighted by atomic mass is 16.5. The minimum Gasteiger partial charge on any atom is -0.381 e. The molecule has 134 valence electrons. The molecule has 0 atom stereocenters. The molecule has 0 N–H and O–H groups in total. The van der Waals surface area contributed by atoms with Crippen LogP contribution in [-0.4, -0.2) is 42.5 Å². The van der Waals surface area contributed by atoms with Crippen molar-refractivity contribution in [2.45, 2.75) is 64.8 Å². The summed E-state index contributed by atoms with van der Waals surface area (Å²) in [5.74, 6) is 0.462. The van der Waals surface area contributed by atoms with Gasteiger partial charge in [-0.25, -0.2) is 0 Å². The summed E-state index contributed by atoms with van der Waals surface area (Å²) in [5, 5.41) is 4.52. The highest BCUT2D eigenvalue weighted by molar-refractivity contribution is 5.75. The van der Waals surface area contributed by atoms with Gasteiger partial charge < -0.3 is 9.47 Å². The van der Waals surface area contributed by atoms with Crippen molar-refractivity contribution < 1.29 is 14.3 Å². The molecule has 0 radical (unpaired) electrons. The van der Waals surface area contributed by atoms with Crippen LogP contribution in [0.5, 0.6) is 0 Å². The first-order valence-electron chi connectivity index (χ1n) is 9.43. The number of rotatable bonds is 8. The van der Waals surface area contributed by atoms with Gasteiger partial charge in [-0.15, -0.1) is 0 Å². The zero-order valence-electron chi connectivity index (χ0n) is 15.1. The van der Waals surface area contributed by atoms with Gasteiger partial charge in [0.2, 0.25) is 0 Å². The smallest absolute Gasteiger partial charge is 0.170 e. The van der Waals surface area contributed by atoms with Gasteiger partial charge in [0.05, 0.1) is 13.2 Å². The van der Waals surface area contributed by atoms with E-state index in [1.165, 1.54) is 11.3 Å². The van der Waals surface area contributed by atoms with Crippen molar-refractivity contribution in [3.63, 3.8) is 0 Å². The second-order valence-corrected chi connectivity index (χ2v) is 7.24. The highest BCUT2D eigenvalue weighted by Gasteiger charge is 2.38. The topological polar surface area (TPSA) is 53.4 Å². The Morgan fingerprint density at radius 2 is 1.88 bits per heavy atom. The molecular formula is C19H30N2O3. The van der Waals surface area contributed by atoms with Gasteiger partial charge in [-0.2, -0.15) is 5.10 Å². The van der Waals surface area contributed by atoms with Crippen molar-refractivity contribution in [3.8, 4) is 0 Å². The summed E-state index contributed by atoms with van der Waals surface area (Å²) in [6.45, 7) is 8.12. The number of aldehydes is 1. The number of hydrogen-bond donors (Lipinski definition) is 0. The molecule has 0 saturated heterocycles. The number of aromatic nitrogens is 2. The van der Waals surface area contributed by atoms with Crippen LogP contribution in [0.1, 0.15) is 73.6 Å². The lowest BCUT2D eigenvalue weighted by atomic mass is 9.69. The van der Waals surface area contributed by atoms with Crippen LogP contribution < -0.4 is 0 Å². The van der Waals surface area contributed by atoms with Gasteiger partial charge in [-0.3, -0.25) is 9.48 Å². The fraction of sp³-hybridized carbons (Fsp3) is 0.789. The third-order valence-electron chi connectivity index (χ3n) is 5.70. The zero-order valence-corrected chi connectivity index (χ0v) is 15.1. The Labute approximate surface area is 144 Å². The number of nitrogens with zero attached hydrogens (tertiary/aromatic N) is 2. The van der Waals surface area contributed by atoms with Gasteiger partial charge in [-0.05, 0) is 58.3 Å². The number of aryl methyl sites for hydroxylation is 1. The van der Waals surface area contributed by atoms with E-state index < -0.39 is 0 Å². The summed E-state index contributed by atoms with van der Waals surface area (Å²) < 4.78 is 13.6. The number of carbonyl (C=O) groups is 1. The SMILES string of the molecule is CCOCC1(COCC)CCC(c2c(C=O)nn3c2CCC3)CC1. The normalized spacial score (nSPS) is 20.2. The number of fused-ring (bicyclic) bond motifs is 1. The Morgan fingerprint density at radius 1 is 1.21 bits per heavy atom. The highest BCUT2D eigenvalue weighted by Crippen LogP contribution is 2.45. The molecule has 1 aliphatic carbocycles.